The van der Waals surface area contributed by atoms with Crippen molar-refractivity contribution in [1.29, 1.82) is 0 Å². The lowest BCUT2D eigenvalue weighted by atomic mass is 9.80. The zero-order valence-electron chi connectivity index (χ0n) is 10.7. The van der Waals surface area contributed by atoms with E-state index in [0.717, 1.165) is 25.9 Å². The van der Waals surface area contributed by atoms with Crippen molar-refractivity contribution < 1.29 is 9.53 Å². The zero-order chi connectivity index (χ0) is 12.2. The van der Waals surface area contributed by atoms with E-state index in [9.17, 15) is 4.79 Å². The predicted molar refractivity (Wildman–Crippen MR) is 64.1 cm³/mol. The van der Waals surface area contributed by atoms with Gasteiger partial charge in [-0.05, 0) is 18.3 Å². The summed E-state index contributed by atoms with van der Waals surface area (Å²) < 4.78 is 5.27. The largest absolute Gasteiger partial charge is 0.372 e. The molecule has 1 rings (SSSR count). The average molecular weight is 228 g/mol. The monoisotopic (exact) mass is 228 g/mol. The molecule has 0 aromatic carbocycles. The second kappa shape index (κ2) is 5.64. The summed E-state index contributed by atoms with van der Waals surface area (Å²) in [6, 6.07) is 0.188. The maximum absolute atomic E-state index is 11.8. The van der Waals surface area contributed by atoms with E-state index in [1.165, 1.54) is 0 Å². The summed E-state index contributed by atoms with van der Waals surface area (Å²) in [5.41, 5.74) is 6.04. The standard InChI is InChI=1S/C12H24N2O2/c1-4-7-16-8-11(15)14-6-5-10(13)12(2,3)9-14/h10H,4-9,13H2,1-3H3. The number of nitrogens with two attached hydrogens (primary N) is 1. The highest BCUT2D eigenvalue weighted by Gasteiger charge is 2.35. The Morgan fingerprint density at radius 3 is 2.81 bits per heavy atom. The van der Waals surface area contributed by atoms with E-state index in [0.29, 0.717) is 6.61 Å². The minimum atomic E-state index is 0.0126. The first kappa shape index (κ1) is 13.5. The average Bonchev–Trinajstić information content (AvgIpc) is 2.22. The first-order valence-corrected chi connectivity index (χ1v) is 6.08. The number of nitrogens with zero attached hydrogens (tertiary/aromatic N) is 1. The van der Waals surface area contributed by atoms with Crippen molar-refractivity contribution in [2.45, 2.75) is 39.7 Å². The summed E-state index contributed by atoms with van der Waals surface area (Å²) >= 11 is 0. The van der Waals surface area contributed by atoms with Crippen molar-refractivity contribution in [1.82, 2.24) is 4.90 Å². The molecule has 0 spiro atoms. The van der Waals surface area contributed by atoms with E-state index < -0.39 is 0 Å². The normalized spacial score (nSPS) is 24.5. The molecule has 1 aliphatic rings. The Hall–Kier alpha value is -0.610. The molecule has 0 saturated carbocycles. The molecule has 94 valence electrons. The molecular formula is C12H24N2O2. The van der Waals surface area contributed by atoms with Gasteiger partial charge in [0.15, 0.2) is 0 Å². The lowest BCUT2D eigenvalue weighted by Gasteiger charge is -2.42. The van der Waals surface area contributed by atoms with E-state index >= 15 is 0 Å². The maximum Gasteiger partial charge on any atom is 0.248 e. The molecule has 0 aliphatic carbocycles. The molecule has 1 fully saturated rings. The summed E-state index contributed by atoms with van der Waals surface area (Å²) in [5.74, 6) is 0.0911. The van der Waals surface area contributed by atoms with Crippen molar-refractivity contribution in [3.05, 3.63) is 0 Å². The van der Waals surface area contributed by atoms with Crippen LogP contribution in [0.4, 0.5) is 0 Å². The lowest BCUT2D eigenvalue weighted by Crippen LogP contribution is -2.54. The molecule has 4 nitrogen and oxygen atoms in total. The van der Waals surface area contributed by atoms with Gasteiger partial charge in [-0.25, -0.2) is 0 Å². The third-order valence-electron chi connectivity index (χ3n) is 3.24. The number of carbonyl (C=O) groups excluding carboxylic acids is 1. The molecule has 1 heterocycles. The first-order chi connectivity index (χ1) is 7.47. The van der Waals surface area contributed by atoms with Gasteiger partial charge >= 0.3 is 0 Å². The number of rotatable bonds is 4. The summed E-state index contributed by atoms with van der Waals surface area (Å²) in [7, 11) is 0. The minimum Gasteiger partial charge on any atom is -0.372 e. The topological polar surface area (TPSA) is 55.6 Å². The molecule has 1 amide bonds. The highest BCUT2D eigenvalue weighted by Crippen LogP contribution is 2.27. The lowest BCUT2D eigenvalue weighted by molar-refractivity contribution is -0.139. The Bertz CT molecular complexity index is 241. The van der Waals surface area contributed by atoms with Gasteiger partial charge < -0.3 is 15.4 Å². The van der Waals surface area contributed by atoms with Crippen LogP contribution in [0.1, 0.15) is 33.6 Å². The third kappa shape index (κ3) is 3.46. The van der Waals surface area contributed by atoms with Gasteiger partial charge in [0.2, 0.25) is 5.91 Å². The summed E-state index contributed by atoms with van der Waals surface area (Å²) in [6.45, 7) is 8.63. The van der Waals surface area contributed by atoms with Gasteiger partial charge in [-0.3, -0.25) is 4.79 Å². The smallest absolute Gasteiger partial charge is 0.248 e. The molecule has 0 radical (unpaired) electrons. The number of piperidine rings is 1. The number of hydrogen-bond acceptors (Lipinski definition) is 3. The van der Waals surface area contributed by atoms with Crippen LogP contribution in [0.5, 0.6) is 0 Å². The summed E-state index contributed by atoms with van der Waals surface area (Å²) in [4.78, 5) is 13.7. The van der Waals surface area contributed by atoms with Crippen LogP contribution in [0.2, 0.25) is 0 Å². The Morgan fingerprint density at radius 1 is 1.56 bits per heavy atom. The molecule has 1 atom stereocenters. The van der Waals surface area contributed by atoms with E-state index in [1.807, 2.05) is 11.8 Å². The van der Waals surface area contributed by atoms with E-state index in [-0.39, 0.29) is 24.0 Å². The van der Waals surface area contributed by atoms with Crippen molar-refractivity contribution in [3.8, 4) is 0 Å². The zero-order valence-corrected chi connectivity index (χ0v) is 10.7. The first-order valence-electron chi connectivity index (χ1n) is 6.08. The number of ether oxygens (including phenoxy) is 1. The van der Waals surface area contributed by atoms with Crippen molar-refractivity contribution in [2.24, 2.45) is 11.1 Å². The Kier molecular flexibility index (Phi) is 4.74. The van der Waals surface area contributed by atoms with Gasteiger partial charge in [0, 0.05) is 25.7 Å². The number of likely N-dealkylation sites (tertiary alicyclic amines) is 1. The van der Waals surface area contributed by atoms with E-state index in [2.05, 4.69) is 13.8 Å². The molecule has 1 aliphatic heterocycles. The quantitative estimate of drug-likeness (QED) is 0.730. The van der Waals surface area contributed by atoms with Gasteiger partial charge in [0.05, 0.1) is 0 Å². The van der Waals surface area contributed by atoms with Crippen LogP contribution >= 0.6 is 0 Å². The molecule has 2 N–H and O–H groups in total. The van der Waals surface area contributed by atoms with Crippen molar-refractivity contribution >= 4 is 5.91 Å². The number of carbonyl (C=O) groups is 1. The van der Waals surface area contributed by atoms with Crippen LogP contribution < -0.4 is 5.73 Å². The van der Waals surface area contributed by atoms with Crippen LogP contribution in [-0.4, -0.2) is 43.2 Å². The summed E-state index contributed by atoms with van der Waals surface area (Å²) in [5, 5.41) is 0. The Morgan fingerprint density at radius 2 is 2.25 bits per heavy atom. The van der Waals surface area contributed by atoms with Crippen molar-refractivity contribution in [3.63, 3.8) is 0 Å². The molecule has 0 bridgehead atoms. The molecule has 0 aromatic rings. The maximum atomic E-state index is 11.8. The molecule has 1 unspecified atom stereocenters. The van der Waals surface area contributed by atoms with Gasteiger partial charge in [0.25, 0.3) is 0 Å². The highest BCUT2D eigenvalue weighted by atomic mass is 16.5. The molecule has 16 heavy (non-hydrogen) atoms. The van der Waals surface area contributed by atoms with Crippen molar-refractivity contribution in [2.75, 3.05) is 26.3 Å². The van der Waals surface area contributed by atoms with E-state index in [4.69, 9.17) is 10.5 Å². The second-order valence-corrected chi connectivity index (χ2v) is 5.25. The van der Waals surface area contributed by atoms with Crippen LogP contribution in [0.3, 0.4) is 0 Å². The number of hydrogen-bond donors (Lipinski definition) is 1. The molecule has 4 heteroatoms. The predicted octanol–water partition coefficient (Wildman–Crippen LogP) is 0.999. The minimum absolute atomic E-state index is 0.0126. The fourth-order valence-electron chi connectivity index (χ4n) is 1.98. The van der Waals surface area contributed by atoms with Crippen LogP contribution in [0, 0.1) is 5.41 Å². The van der Waals surface area contributed by atoms with Crippen LogP contribution in [0.25, 0.3) is 0 Å². The SMILES string of the molecule is CCCOCC(=O)N1CCC(N)C(C)(C)C1. The van der Waals surface area contributed by atoms with Gasteiger partial charge in [0.1, 0.15) is 6.61 Å². The third-order valence-corrected chi connectivity index (χ3v) is 3.24. The van der Waals surface area contributed by atoms with Gasteiger partial charge in [-0.2, -0.15) is 0 Å². The van der Waals surface area contributed by atoms with Gasteiger partial charge in [-0.15, -0.1) is 0 Å². The summed E-state index contributed by atoms with van der Waals surface area (Å²) in [6.07, 6.45) is 1.83. The highest BCUT2D eigenvalue weighted by molar-refractivity contribution is 5.77. The Balaban J connectivity index is 2.40. The molecule has 0 aromatic heterocycles. The fourth-order valence-corrected chi connectivity index (χ4v) is 1.98. The van der Waals surface area contributed by atoms with Gasteiger partial charge in [-0.1, -0.05) is 20.8 Å². The Labute approximate surface area is 98.1 Å². The number of amides is 1. The molecule has 1 saturated heterocycles. The molecular weight excluding hydrogens is 204 g/mol. The van der Waals surface area contributed by atoms with Crippen LogP contribution in [0.15, 0.2) is 0 Å². The second-order valence-electron chi connectivity index (χ2n) is 5.25. The fraction of sp³-hybridized carbons (Fsp3) is 0.917. The van der Waals surface area contributed by atoms with E-state index in [1.54, 1.807) is 0 Å². The van der Waals surface area contributed by atoms with Crippen LogP contribution in [-0.2, 0) is 9.53 Å².